The minimum absolute atomic E-state index is 0.0443. The summed E-state index contributed by atoms with van der Waals surface area (Å²) in [5, 5.41) is 0.498. The second kappa shape index (κ2) is 15.7. The molecule has 6 heteroatoms. The van der Waals surface area contributed by atoms with E-state index in [9.17, 15) is 14.4 Å². The van der Waals surface area contributed by atoms with Crippen molar-refractivity contribution in [2.75, 3.05) is 13.1 Å². The molecule has 0 saturated heterocycles. The van der Waals surface area contributed by atoms with Gasteiger partial charge in [-0.1, -0.05) is 93.5 Å². The zero-order valence-electron chi connectivity index (χ0n) is 23.5. The molecular formula is C33H42N2O4. The van der Waals surface area contributed by atoms with E-state index in [4.69, 9.17) is 4.42 Å². The lowest BCUT2D eigenvalue weighted by Crippen LogP contribution is -2.43. The van der Waals surface area contributed by atoms with Crippen LogP contribution in [0.3, 0.4) is 0 Å². The number of carbonyl (C=O) groups excluding carboxylic acids is 2. The summed E-state index contributed by atoms with van der Waals surface area (Å²) in [6.45, 7) is 8.56. The fraction of sp³-hybridized carbons (Fsp3) is 0.424. The normalized spacial score (nSPS) is 10.9. The van der Waals surface area contributed by atoms with Crippen LogP contribution in [-0.4, -0.2) is 34.7 Å². The van der Waals surface area contributed by atoms with Crippen LogP contribution in [0.1, 0.15) is 75.0 Å². The predicted octanol–water partition coefficient (Wildman–Crippen LogP) is 6.79. The Morgan fingerprint density at radius 3 is 2.33 bits per heavy atom. The third-order valence-electron chi connectivity index (χ3n) is 6.95. The van der Waals surface area contributed by atoms with E-state index < -0.39 is 0 Å². The number of rotatable bonds is 16. The molecule has 39 heavy (non-hydrogen) atoms. The van der Waals surface area contributed by atoms with Gasteiger partial charge in [-0.2, -0.15) is 0 Å². The van der Waals surface area contributed by atoms with E-state index in [2.05, 4.69) is 13.5 Å². The van der Waals surface area contributed by atoms with Gasteiger partial charge in [0.1, 0.15) is 12.1 Å². The molecule has 6 nitrogen and oxygen atoms in total. The molecule has 0 unspecified atom stereocenters. The summed E-state index contributed by atoms with van der Waals surface area (Å²) in [6.07, 6.45) is 11.4. The van der Waals surface area contributed by atoms with Crippen LogP contribution in [0.15, 0.2) is 76.7 Å². The zero-order valence-corrected chi connectivity index (χ0v) is 23.5. The molecule has 0 atom stereocenters. The predicted molar refractivity (Wildman–Crippen MR) is 157 cm³/mol. The molecule has 0 aliphatic carbocycles. The first kappa shape index (κ1) is 29.9. The molecule has 3 rings (SSSR count). The topological polar surface area (TPSA) is 70.8 Å². The summed E-state index contributed by atoms with van der Waals surface area (Å²) in [6, 6.07) is 15.1. The summed E-state index contributed by atoms with van der Waals surface area (Å²) >= 11 is 0. The van der Waals surface area contributed by atoms with Crippen molar-refractivity contribution in [1.82, 2.24) is 9.80 Å². The van der Waals surface area contributed by atoms with Crippen molar-refractivity contribution in [1.29, 1.82) is 0 Å². The molecule has 0 saturated carbocycles. The Balaban J connectivity index is 1.73. The van der Waals surface area contributed by atoms with Gasteiger partial charge in [-0.3, -0.25) is 14.4 Å². The van der Waals surface area contributed by atoms with Crippen LogP contribution >= 0.6 is 0 Å². The number of hydrogen-bond donors (Lipinski definition) is 0. The maximum Gasteiger partial charge on any atom is 0.242 e. The molecular weight excluding hydrogens is 488 g/mol. The molecule has 2 aromatic carbocycles. The van der Waals surface area contributed by atoms with Crippen LogP contribution < -0.4 is 5.43 Å². The first-order valence-corrected chi connectivity index (χ1v) is 14.1. The van der Waals surface area contributed by atoms with E-state index in [1.807, 2.05) is 49.4 Å². The number of amides is 2. The van der Waals surface area contributed by atoms with E-state index in [-0.39, 0.29) is 30.3 Å². The highest BCUT2D eigenvalue weighted by Crippen LogP contribution is 2.16. The van der Waals surface area contributed by atoms with Gasteiger partial charge in [-0.15, -0.1) is 6.58 Å². The van der Waals surface area contributed by atoms with E-state index in [1.54, 1.807) is 21.9 Å². The van der Waals surface area contributed by atoms with E-state index in [0.717, 1.165) is 30.4 Å². The molecule has 1 aromatic heterocycles. The molecule has 0 fully saturated rings. The SMILES string of the molecule is C=CCN(CC(=O)N(Cc1ccccc1)Cc1coc2ccc(C)cc2c1=O)C(=O)CCCCCCCCC. The fourth-order valence-electron chi connectivity index (χ4n) is 4.70. The summed E-state index contributed by atoms with van der Waals surface area (Å²) in [7, 11) is 0. The van der Waals surface area contributed by atoms with E-state index >= 15 is 0 Å². The van der Waals surface area contributed by atoms with Gasteiger partial charge in [-0.25, -0.2) is 0 Å². The largest absolute Gasteiger partial charge is 0.464 e. The molecule has 0 spiro atoms. The Morgan fingerprint density at radius 1 is 0.897 bits per heavy atom. The van der Waals surface area contributed by atoms with Gasteiger partial charge in [0.2, 0.25) is 11.8 Å². The van der Waals surface area contributed by atoms with Gasteiger partial charge in [-0.05, 0) is 31.0 Å². The van der Waals surface area contributed by atoms with Crippen molar-refractivity contribution >= 4 is 22.8 Å². The fourth-order valence-corrected chi connectivity index (χ4v) is 4.70. The summed E-state index contributed by atoms with van der Waals surface area (Å²) in [5.41, 5.74) is 2.68. The maximum atomic E-state index is 13.6. The minimum atomic E-state index is -0.225. The molecule has 0 N–H and O–H groups in total. The molecule has 0 aliphatic heterocycles. The lowest BCUT2D eigenvalue weighted by atomic mass is 10.1. The van der Waals surface area contributed by atoms with Crippen LogP contribution in [0.4, 0.5) is 0 Å². The third-order valence-corrected chi connectivity index (χ3v) is 6.95. The number of fused-ring (bicyclic) bond motifs is 1. The maximum absolute atomic E-state index is 13.6. The van der Waals surface area contributed by atoms with Crippen molar-refractivity contribution in [3.63, 3.8) is 0 Å². The summed E-state index contributed by atoms with van der Waals surface area (Å²) in [5.74, 6) is -0.269. The van der Waals surface area contributed by atoms with Gasteiger partial charge in [0.05, 0.1) is 23.8 Å². The van der Waals surface area contributed by atoms with Crippen molar-refractivity contribution in [2.24, 2.45) is 0 Å². The Kier molecular flexibility index (Phi) is 12.0. The molecule has 1 heterocycles. The van der Waals surface area contributed by atoms with Gasteiger partial charge < -0.3 is 14.2 Å². The zero-order chi connectivity index (χ0) is 28.0. The Morgan fingerprint density at radius 2 is 1.62 bits per heavy atom. The molecule has 0 bridgehead atoms. The second-order valence-corrected chi connectivity index (χ2v) is 10.3. The number of carbonyl (C=O) groups is 2. The minimum Gasteiger partial charge on any atom is -0.464 e. The Labute approximate surface area is 232 Å². The van der Waals surface area contributed by atoms with Crippen LogP contribution in [0.25, 0.3) is 11.0 Å². The molecule has 0 radical (unpaired) electrons. The number of aryl methyl sites for hydroxylation is 1. The van der Waals surface area contributed by atoms with Gasteiger partial charge in [0.15, 0.2) is 5.43 Å². The van der Waals surface area contributed by atoms with Crippen LogP contribution in [0.5, 0.6) is 0 Å². The third kappa shape index (κ3) is 9.24. The first-order valence-electron chi connectivity index (χ1n) is 14.1. The molecule has 0 aliphatic rings. The highest BCUT2D eigenvalue weighted by molar-refractivity contribution is 5.85. The summed E-state index contributed by atoms with van der Waals surface area (Å²) < 4.78 is 5.74. The van der Waals surface area contributed by atoms with Gasteiger partial charge in [0, 0.05) is 19.5 Å². The van der Waals surface area contributed by atoms with Crippen LogP contribution in [0.2, 0.25) is 0 Å². The average Bonchev–Trinajstić information content (AvgIpc) is 2.94. The van der Waals surface area contributed by atoms with Crippen molar-refractivity contribution in [3.05, 3.63) is 94.4 Å². The number of benzene rings is 2. The Hall–Kier alpha value is -3.67. The first-order chi connectivity index (χ1) is 18.9. The van der Waals surface area contributed by atoms with Crippen LogP contribution in [0, 0.1) is 6.92 Å². The lowest BCUT2D eigenvalue weighted by Gasteiger charge is -2.27. The van der Waals surface area contributed by atoms with Gasteiger partial charge in [0.25, 0.3) is 0 Å². The van der Waals surface area contributed by atoms with E-state index in [0.29, 0.717) is 36.0 Å². The number of hydrogen-bond acceptors (Lipinski definition) is 4. The van der Waals surface area contributed by atoms with Crippen LogP contribution in [-0.2, 0) is 22.7 Å². The smallest absolute Gasteiger partial charge is 0.242 e. The number of nitrogens with zero attached hydrogens (tertiary/aromatic N) is 2. The monoisotopic (exact) mass is 530 g/mol. The lowest BCUT2D eigenvalue weighted by molar-refractivity contribution is -0.140. The molecule has 2 amide bonds. The standard InChI is InChI=1S/C33H42N2O4/c1-4-6-7-8-9-10-14-17-31(36)34(20-5-2)24-32(37)35(22-27-15-12-11-13-16-27)23-28-25-39-30-19-18-26(3)21-29(30)33(28)38/h5,11-13,15-16,18-19,21,25H,2,4,6-10,14,17,20,22-24H2,1,3H3. The highest BCUT2D eigenvalue weighted by atomic mass is 16.3. The van der Waals surface area contributed by atoms with Crippen molar-refractivity contribution in [2.45, 2.75) is 78.3 Å². The van der Waals surface area contributed by atoms with Crippen molar-refractivity contribution < 1.29 is 14.0 Å². The average molecular weight is 531 g/mol. The molecule has 3 aromatic rings. The highest BCUT2D eigenvalue weighted by Gasteiger charge is 2.22. The quantitative estimate of drug-likeness (QED) is 0.151. The number of unbranched alkanes of at least 4 members (excludes halogenated alkanes) is 6. The Bertz CT molecular complexity index is 1280. The van der Waals surface area contributed by atoms with E-state index in [1.165, 1.54) is 31.9 Å². The second-order valence-electron chi connectivity index (χ2n) is 10.3. The van der Waals surface area contributed by atoms with Gasteiger partial charge >= 0.3 is 0 Å². The van der Waals surface area contributed by atoms with Crippen molar-refractivity contribution in [3.8, 4) is 0 Å². The molecule has 208 valence electrons. The summed E-state index contributed by atoms with van der Waals surface area (Å²) in [4.78, 5) is 43.1.